The van der Waals surface area contributed by atoms with Crippen LogP contribution >= 0.6 is 34.8 Å². The van der Waals surface area contributed by atoms with Gasteiger partial charge in [-0.2, -0.15) is 0 Å². The Labute approximate surface area is 87.0 Å². The summed E-state index contributed by atoms with van der Waals surface area (Å²) in [7, 11) is 0. The fourth-order valence-corrected chi connectivity index (χ4v) is 3.19. The number of halogens is 3. The molecule has 0 atom stereocenters. The van der Waals surface area contributed by atoms with Crippen LogP contribution in [-0.4, -0.2) is 17.6 Å². The SMILES string of the molecule is ClC(Cl)(Cl)[Se]c1ccccc1. The van der Waals surface area contributed by atoms with Gasteiger partial charge >= 0.3 is 87.2 Å². The third-order valence-corrected chi connectivity index (χ3v) is 3.73. The molecule has 0 aliphatic heterocycles. The van der Waals surface area contributed by atoms with E-state index in [4.69, 9.17) is 34.8 Å². The van der Waals surface area contributed by atoms with Crippen LogP contribution in [0.1, 0.15) is 0 Å². The molecule has 0 saturated heterocycles. The van der Waals surface area contributed by atoms with E-state index in [2.05, 4.69) is 0 Å². The molecule has 0 saturated carbocycles. The van der Waals surface area contributed by atoms with Gasteiger partial charge in [0, 0.05) is 0 Å². The summed E-state index contributed by atoms with van der Waals surface area (Å²) in [5.41, 5.74) is 0. The van der Waals surface area contributed by atoms with E-state index in [1.807, 2.05) is 30.3 Å². The first-order chi connectivity index (χ1) is 5.08. The van der Waals surface area contributed by atoms with Gasteiger partial charge in [-0.05, 0) is 0 Å². The summed E-state index contributed by atoms with van der Waals surface area (Å²) in [6, 6.07) is 9.74. The van der Waals surface area contributed by atoms with Crippen LogP contribution in [0, 0.1) is 0 Å². The molecule has 0 aliphatic rings. The Bertz CT molecular complexity index is 217. The van der Waals surface area contributed by atoms with Crippen molar-refractivity contribution < 1.29 is 0 Å². The number of rotatable bonds is 1. The summed E-state index contributed by atoms with van der Waals surface area (Å²) in [4.78, 5) is 0. The standard InChI is InChI=1S/C7H5Cl3Se/c8-7(9,10)11-6-4-2-1-3-5-6/h1-5H. The van der Waals surface area contributed by atoms with Crippen molar-refractivity contribution in [1.29, 1.82) is 0 Å². The van der Waals surface area contributed by atoms with Crippen LogP contribution in [0.3, 0.4) is 0 Å². The zero-order valence-corrected chi connectivity index (χ0v) is 9.41. The minimum atomic E-state index is -1.12. The summed E-state index contributed by atoms with van der Waals surface area (Å²) in [5.74, 6) is 0. The quantitative estimate of drug-likeness (QED) is 0.545. The molecular formula is C7H5Cl3Se. The molecule has 0 unspecified atom stereocenters. The fourth-order valence-electron chi connectivity index (χ4n) is 0.622. The molecule has 0 radical (unpaired) electrons. The molecule has 0 N–H and O–H groups in total. The van der Waals surface area contributed by atoms with Gasteiger partial charge in [-0.15, -0.1) is 0 Å². The van der Waals surface area contributed by atoms with Gasteiger partial charge < -0.3 is 0 Å². The van der Waals surface area contributed by atoms with E-state index < -0.39 is 2.69 Å². The molecule has 0 amide bonds. The molecule has 0 fully saturated rings. The molecule has 0 aliphatic carbocycles. The molecule has 0 aromatic heterocycles. The third kappa shape index (κ3) is 4.25. The Morgan fingerprint density at radius 3 is 2.00 bits per heavy atom. The maximum atomic E-state index is 5.63. The number of benzene rings is 1. The van der Waals surface area contributed by atoms with Crippen molar-refractivity contribution in [3.8, 4) is 0 Å². The summed E-state index contributed by atoms with van der Waals surface area (Å²) in [5, 5.41) is 0. The Morgan fingerprint density at radius 1 is 1.00 bits per heavy atom. The topological polar surface area (TPSA) is 0 Å². The van der Waals surface area contributed by atoms with E-state index in [1.165, 1.54) is 0 Å². The van der Waals surface area contributed by atoms with Crippen LogP contribution in [-0.2, 0) is 0 Å². The van der Waals surface area contributed by atoms with Crippen molar-refractivity contribution in [2.45, 2.75) is 2.69 Å². The fraction of sp³-hybridized carbons (Fsp3) is 0.143. The second-order valence-corrected chi connectivity index (χ2v) is 8.37. The monoisotopic (exact) mass is 274 g/mol. The van der Waals surface area contributed by atoms with Crippen LogP contribution in [0.15, 0.2) is 30.3 Å². The molecule has 0 spiro atoms. The summed E-state index contributed by atoms with van der Waals surface area (Å²) in [6.45, 7) is 0. The molecular weight excluding hydrogens is 269 g/mol. The molecule has 60 valence electrons. The van der Waals surface area contributed by atoms with Gasteiger partial charge in [-0.3, -0.25) is 0 Å². The molecule has 1 rings (SSSR count). The first kappa shape index (κ1) is 9.70. The predicted octanol–water partition coefficient (Wildman–Crippen LogP) is 2.34. The van der Waals surface area contributed by atoms with E-state index in [9.17, 15) is 0 Å². The molecule has 1 aromatic carbocycles. The van der Waals surface area contributed by atoms with Gasteiger partial charge in [-0.1, -0.05) is 0 Å². The predicted molar refractivity (Wildman–Crippen MR) is 52.1 cm³/mol. The summed E-state index contributed by atoms with van der Waals surface area (Å²) in [6.07, 6.45) is 0. The van der Waals surface area contributed by atoms with Crippen molar-refractivity contribution in [3.05, 3.63) is 30.3 Å². The molecule has 1 aromatic rings. The minimum absolute atomic E-state index is 0.0983. The Kier molecular flexibility index (Phi) is 3.54. The molecule has 0 bridgehead atoms. The zero-order valence-electron chi connectivity index (χ0n) is 5.43. The number of alkyl halides is 3. The number of hydrogen-bond acceptors (Lipinski definition) is 0. The van der Waals surface area contributed by atoms with E-state index in [0.29, 0.717) is 0 Å². The van der Waals surface area contributed by atoms with E-state index in [-0.39, 0.29) is 15.0 Å². The molecule has 11 heavy (non-hydrogen) atoms. The van der Waals surface area contributed by atoms with Gasteiger partial charge in [0.1, 0.15) is 0 Å². The number of hydrogen-bond donors (Lipinski definition) is 0. The van der Waals surface area contributed by atoms with Crippen LogP contribution in [0.25, 0.3) is 0 Å². The molecule has 4 heteroatoms. The third-order valence-electron chi connectivity index (χ3n) is 0.977. The molecule has 0 nitrogen and oxygen atoms in total. The van der Waals surface area contributed by atoms with Crippen LogP contribution < -0.4 is 4.46 Å². The van der Waals surface area contributed by atoms with Gasteiger partial charge in [0.25, 0.3) is 0 Å². The van der Waals surface area contributed by atoms with Crippen LogP contribution in [0.5, 0.6) is 0 Å². The molecule has 0 heterocycles. The second kappa shape index (κ2) is 4.02. The van der Waals surface area contributed by atoms with Crippen LogP contribution in [0.4, 0.5) is 0 Å². The average molecular weight is 274 g/mol. The van der Waals surface area contributed by atoms with Gasteiger partial charge in [0.05, 0.1) is 0 Å². The van der Waals surface area contributed by atoms with E-state index >= 15 is 0 Å². The van der Waals surface area contributed by atoms with E-state index in [0.717, 1.165) is 4.46 Å². The Morgan fingerprint density at radius 2 is 1.55 bits per heavy atom. The second-order valence-electron chi connectivity index (χ2n) is 1.86. The average Bonchev–Trinajstić information content (AvgIpc) is 1.85. The van der Waals surface area contributed by atoms with E-state index in [1.54, 1.807) is 0 Å². The van der Waals surface area contributed by atoms with Gasteiger partial charge in [0.15, 0.2) is 0 Å². The zero-order chi connectivity index (χ0) is 8.32. The van der Waals surface area contributed by atoms with Gasteiger partial charge in [0.2, 0.25) is 0 Å². The van der Waals surface area contributed by atoms with Crippen molar-refractivity contribution in [1.82, 2.24) is 0 Å². The van der Waals surface area contributed by atoms with Crippen LogP contribution in [0.2, 0.25) is 0 Å². The van der Waals surface area contributed by atoms with Crippen molar-refractivity contribution in [2.24, 2.45) is 0 Å². The summed E-state index contributed by atoms with van der Waals surface area (Å²) < 4.78 is -0.0195. The normalized spacial score (nSPS) is 11.5. The summed E-state index contributed by atoms with van der Waals surface area (Å²) >= 11 is 16.8. The van der Waals surface area contributed by atoms with Gasteiger partial charge in [-0.25, -0.2) is 0 Å². The van der Waals surface area contributed by atoms with Crippen molar-refractivity contribution in [3.63, 3.8) is 0 Å². The first-order valence-electron chi connectivity index (χ1n) is 2.89. The Hall–Kier alpha value is 0.609. The van der Waals surface area contributed by atoms with Crippen molar-refractivity contribution >= 4 is 54.2 Å². The maximum absolute atomic E-state index is 5.63. The Balaban J connectivity index is 2.66. The first-order valence-corrected chi connectivity index (χ1v) is 5.73. The van der Waals surface area contributed by atoms with Crippen molar-refractivity contribution in [2.75, 3.05) is 0 Å².